The van der Waals surface area contributed by atoms with Gasteiger partial charge in [-0.15, -0.1) is 0 Å². The highest BCUT2D eigenvalue weighted by Crippen LogP contribution is 2.26. The van der Waals surface area contributed by atoms with Crippen molar-refractivity contribution in [2.24, 2.45) is 0 Å². The molecule has 3 heteroatoms. The van der Waals surface area contributed by atoms with Gasteiger partial charge in [-0.25, -0.2) is 0 Å². The summed E-state index contributed by atoms with van der Waals surface area (Å²) < 4.78 is 0. The quantitative estimate of drug-likeness (QED) is 0.639. The molecule has 0 unspecified atom stereocenters. The molecule has 4 N–H and O–H groups in total. The van der Waals surface area contributed by atoms with Crippen molar-refractivity contribution < 1.29 is 0 Å². The van der Waals surface area contributed by atoms with E-state index in [9.17, 15) is 0 Å². The Kier molecular flexibility index (Phi) is 2.43. The average molecular weight is 175 g/mol. The van der Waals surface area contributed by atoms with Crippen LogP contribution >= 0.6 is 0 Å². The van der Waals surface area contributed by atoms with Crippen LogP contribution in [0.4, 0.5) is 11.4 Å². The second-order valence-electron chi connectivity index (χ2n) is 3.33. The normalized spacial score (nSPS) is 10.0. The van der Waals surface area contributed by atoms with Crippen molar-refractivity contribution in [1.29, 1.82) is 5.26 Å². The Balaban J connectivity index is 3.35. The average Bonchev–Trinajstić information content (AvgIpc) is 2.08. The van der Waals surface area contributed by atoms with Gasteiger partial charge in [0.2, 0.25) is 0 Å². The Morgan fingerprint density at radius 1 is 1.23 bits per heavy atom. The number of benzene rings is 1. The topological polar surface area (TPSA) is 75.8 Å². The van der Waals surface area contributed by atoms with Crippen LogP contribution < -0.4 is 11.5 Å². The van der Waals surface area contributed by atoms with Crippen molar-refractivity contribution in [1.82, 2.24) is 0 Å². The van der Waals surface area contributed by atoms with Gasteiger partial charge < -0.3 is 11.5 Å². The largest absolute Gasteiger partial charge is 0.397 e. The Morgan fingerprint density at radius 2 is 1.77 bits per heavy atom. The number of nitrogen functional groups attached to an aromatic ring is 2. The van der Waals surface area contributed by atoms with E-state index < -0.39 is 0 Å². The minimum Gasteiger partial charge on any atom is -0.397 e. The molecule has 0 aliphatic rings. The number of nitrogens with two attached hydrogens (primary N) is 2. The number of nitrogens with zero attached hydrogens (tertiary/aromatic N) is 1. The molecule has 0 aliphatic heterocycles. The van der Waals surface area contributed by atoms with Crippen LogP contribution in [0.15, 0.2) is 12.1 Å². The summed E-state index contributed by atoms with van der Waals surface area (Å²) in [4.78, 5) is 0. The summed E-state index contributed by atoms with van der Waals surface area (Å²) in [5.74, 6) is 0.289. The minimum absolute atomic E-state index is 0.289. The lowest BCUT2D eigenvalue weighted by atomic mass is 9.96. The molecule has 0 amide bonds. The fraction of sp³-hybridized carbons (Fsp3) is 0.300. The van der Waals surface area contributed by atoms with Gasteiger partial charge in [-0.2, -0.15) is 5.26 Å². The maximum Gasteiger partial charge on any atom is 0.0995 e. The van der Waals surface area contributed by atoms with Crippen LogP contribution in [-0.2, 0) is 0 Å². The van der Waals surface area contributed by atoms with Crippen molar-refractivity contribution in [2.45, 2.75) is 19.8 Å². The lowest BCUT2D eigenvalue weighted by Gasteiger charge is -2.10. The number of rotatable bonds is 1. The molecular formula is C10H13N3. The molecule has 0 aromatic heterocycles. The van der Waals surface area contributed by atoms with Crippen LogP contribution in [0.3, 0.4) is 0 Å². The first kappa shape index (κ1) is 9.40. The summed E-state index contributed by atoms with van der Waals surface area (Å²) in [7, 11) is 0. The van der Waals surface area contributed by atoms with Crippen molar-refractivity contribution in [3.8, 4) is 6.07 Å². The van der Waals surface area contributed by atoms with E-state index in [4.69, 9.17) is 16.7 Å². The zero-order valence-electron chi connectivity index (χ0n) is 7.83. The van der Waals surface area contributed by atoms with Crippen LogP contribution in [0.2, 0.25) is 0 Å². The number of hydrogen-bond acceptors (Lipinski definition) is 3. The first-order chi connectivity index (χ1) is 6.06. The van der Waals surface area contributed by atoms with Crippen LogP contribution in [0.1, 0.15) is 30.9 Å². The molecule has 0 atom stereocenters. The molecule has 0 spiro atoms. The predicted molar refractivity (Wildman–Crippen MR) is 54.1 cm³/mol. The first-order valence-electron chi connectivity index (χ1n) is 4.15. The number of hydrogen-bond donors (Lipinski definition) is 2. The van der Waals surface area contributed by atoms with Crippen molar-refractivity contribution >= 4 is 11.4 Å². The third kappa shape index (κ3) is 1.73. The molecule has 0 saturated heterocycles. The van der Waals surface area contributed by atoms with E-state index in [1.54, 1.807) is 12.1 Å². The molecule has 0 bridgehead atoms. The van der Waals surface area contributed by atoms with Gasteiger partial charge >= 0.3 is 0 Å². The van der Waals surface area contributed by atoms with Gasteiger partial charge in [0.15, 0.2) is 0 Å². The summed E-state index contributed by atoms with van der Waals surface area (Å²) in [6.07, 6.45) is 0. The Bertz CT molecular complexity index is 361. The Labute approximate surface area is 78.0 Å². The lowest BCUT2D eigenvalue weighted by Crippen LogP contribution is -2.00. The number of nitriles is 1. The van der Waals surface area contributed by atoms with Gasteiger partial charge in [-0.05, 0) is 23.6 Å². The maximum atomic E-state index is 8.84. The van der Waals surface area contributed by atoms with Crippen molar-refractivity contribution in [2.75, 3.05) is 11.5 Å². The van der Waals surface area contributed by atoms with Crippen molar-refractivity contribution in [3.63, 3.8) is 0 Å². The van der Waals surface area contributed by atoms with Gasteiger partial charge in [0.25, 0.3) is 0 Å². The minimum atomic E-state index is 0.289. The van der Waals surface area contributed by atoms with E-state index in [-0.39, 0.29) is 5.92 Å². The molecule has 0 heterocycles. The summed E-state index contributed by atoms with van der Waals surface area (Å²) in [6, 6.07) is 5.52. The second-order valence-corrected chi connectivity index (χ2v) is 3.33. The molecule has 0 saturated carbocycles. The summed E-state index contributed by atoms with van der Waals surface area (Å²) >= 11 is 0. The fourth-order valence-corrected chi connectivity index (χ4v) is 1.23. The molecule has 68 valence electrons. The molecule has 1 rings (SSSR count). The molecule has 3 nitrogen and oxygen atoms in total. The van der Waals surface area contributed by atoms with Gasteiger partial charge in [-0.1, -0.05) is 13.8 Å². The highest BCUT2D eigenvalue weighted by molar-refractivity contribution is 5.68. The number of anilines is 2. The lowest BCUT2D eigenvalue weighted by molar-refractivity contribution is 0.863. The van der Waals surface area contributed by atoms with E-state index in [1.807, 2.05) is 13.8 Å². The van der Waals surface area contributed by atoms with E-state index in [2.05, 4.69) is 6.07 Å². The molecule has 13 heavy (non-hydrogen) atoms. The van der Waals surface area contributed by atoms with Gasteiger partial charge in [0.05, 0.1) is 23.0 Å². The van der Waals surface area contributed by atoms with Gasteiger partial charge in [0.1, 0.15) is 0 Å². The standard InChI is InChI=1S/C10H13N3/c1-6(2)8-4-10(13)9(12)3-7(8)5-11/h3-4,6H,12-13H2,1-2H3. The molecule has 0 radical (unpaired) electrons. The Hall–Kier alpha value is -1.69. The highest BCUT2D eigenvalue weighted by atomic mass is 14.7. The van der Waals surface area contributed by atoms with Crippen molar-refractivity contribution in [3.05, 3.63) is 23.3 Å². The summed E-state index contributed by atoms with van der Waals surface area (Å²) in [5.41, 5.74) is 13.8. The summed E-state index contributed by atoms with van der Waals surface area (Å²) in [6.45, 7) is 4.04. The zero-order chi connectivity index (χ0) is 10.0. The molecule has 1 aromatic carbocycles. The molecular weight excluding hydrogens is 162 g/mol. The van der Waals surface area contributed by atoms with E-state index >= 15 is 0 Å². The van der Waals surface area contributed by atoms with Crippen LogP contribution in [0.25, 0.3) is 0 Å². The van der Waals surface area contributed by atoms with Crippen LogP contribution in [-0.4, -0.2) is 0 Å². The second kappa shape index (κ2) is 3.36. The SMILES string of the molecule is CC(C)c1cc(N)c(N)cc1C#N. The molecule has 1 aromatic rings. The van der Waals surface area contributed by atoms with Crippen LogP contribution in [0.5, 0.6) is 0 Å². The molecule has 0 fully saturated rings. The maximum absolute atomic E-state index is 8.84. The predicted octanol–water partition coefficient (Wildman–Crippen LogP) is 1.85. The van der Waals surface area contributed by atoms with E-state index in [1.165, 1.54) is 0 Å². The van der Waals surface area contributed by atoms with Gasteiger partial charge in [-0.3, -0.25) is 0 Å². The monoisotopic (exact) mass is 175 g/mol. The smallest absolute Gasteiger partial charge is 0.0995 e. The first-order valence-corrected chi connectivity index (χ1v) is 4.15. The van der Waals surface area contributed by atoms with E-state index in [0.29, 0.717) is 16.9 Å². The van der Waals surface area contributed by atoms with Crippen LogP contribution in [0, 0.1) is 11.3 Å². The third-order valence-corrected chi connectivity index (χ3v) is 2.00. The molecule has 0 aliphatic carbocycles. The van der Waals surface area contributed by atoms with E-state index in [0.717, 1.165) is 5.56 Å². The fourth-order valence-electron chi connectivity index (χ4n) is 1.23. The van der Waals surface area contributed by atoms with Gasteiger partial charge in [0, 0.05) is 0 Å². The zero-order valence-corrected chi connectivity index (χ0v) is 7.83. The Morgan fingerprint density at radius 3 is 2.23 bits per heavy atom. The third-order valence-electron chi connectivity index (χ3n) is 2.00. The highest BCUT2D eigenvalue weighted by Gasteiger charge is 2.08. The summed E-state index contributed by atoms with van der Waals surface area (Å²) in [5, 5.41) is 8.84.